The van der Waals surface area contributed by atoms with E-state index in [2.05, 4.69) is 16.0 Å². The standard InChI is InChI=1S/C26H36ClN3O5/c1-17(2)13-21(24(33)29-20(22(31)16-27)14-19-9-12-28-23(19)32)30-25(34)35-26(10-6-11-26)15-18-7-4-3-5-8-18/h3-5,7-8,17,19-21H,6,9-16H2,1-2H3,(H,28,32)(H,29,33)(H,30,34)/t19-,20-,21-/m0/s1. The first-order valence-corrected chi connectivity index (χ1v) is 12.9. The van der Waals surface area contributed by atoms with Crippen LogP contribution in [0.25, 0.3) is 0 Å². The molecule has 2 fully saturated rings. The van der Waals surface area contributed by atoms with Crippen molar-refractivity contribution in [3.63, 3.8) is 0 Å². The van der Waals surface area contributed by atoms with Crippen LogP contribution in [0.15, 0.2) is 30.3 Å². The summed E-state index contributed by atoms with van der Waals surface area (Å²) in [6.07, 6.45) is 3.66. The molecule has 0 radical (unpaired) electrons. The third-order valence-electron chi connectivity index (χ3n) is 6.78. The number of rotatable bonds is 12. The van der Waals surface area contributed by atoms with E-state index in [0.717, 1.165) is 24.8 Å². The monoisotopic (exact) mass is 505 g/mol. The van der Waals surface area contributed by atoms with Gasteiger partial charge in [0.05, 0.1) is 11.9 Å². The van der Waals surface area contributed by atoms with Gasteiger partial charge in [-0.05, 0) is 50.0 Å². The van der Waals surface area contributed by atoms with E-state index in [-0.39, 0.29) is 35.8 Å². The minimum absolute atomic E-state index is 0.107. The number of ketones is 1. The fourth-order valence-electron chi connectivity index (χ4n) is 4.72. The molecule has 1 aliphatic heterocycles. The van der Waals surface area contributed by atoms with Crippen molar-refractivity contribution in [3.05, 3.63) is 35.9 Å². The molecule has 9 heteroatoms. The molecule has 1 aromatic carbocycles. The Morgan fingerprint density at radius 2 is 1.86 bits per heavy atom. The van der Waals surface area contributed by atoms with Crippen LogP contribution < -0.4 is 16.0 Å². The van der Waals surface area contributed by atoms with Crippen molar-refractivity contribution in [2.45, 2.75) is 76.5 Å². The number of amides is 3. The fourth-order valence-corrected chi connectivity index (χ4v) is 4.90. The Balaban J connectivity index is 1.64. The molecule has 0 aromatic heterocycles. The molecule has 35 heavy (non-hydrogen) atoms. The van der Waals surface area contributed by atoms with E-state index in [1.54, 1.807) is 0 Å². The van der Waals surface area contributed by atoms with Crippen LogP contribution in [-0.4, -0.2) is 53.8 Å². The lowest BCUT2D eigenvalue weighted by atomic mass is 9.76. The van der Waals surface area contributed by atoms with Crippen LogP contribution in [0, 0.1) is 11.8 Å². The van der Waals surface area contributed by atoms with Crippen molar-refractivity contribution in [1.29, 1.82) is 0 Å². The molecular weight excluding hydrogens is 470 g/mol. The van der Waals surface area contributed by atoms with E-state index < -0.39 is 29.7 Å². The highest BCUT2D eigenvalue weighted by molar-refractivity contribution is 6.28. The lowest BCUT2D eigenvalue weighted by molar-refractivity contribution is -0.129. The van der Waals surface area contributed by atoms with E-state index in [0.29, 0.717) is 25.8 Å². The van der Waals surface area contributed by atoms with Crippen molar-refractivity contribution >= 4 is 35.3 Å². The Labute approximate surface area is 211 Å². The minimum Gasteiger partial charge on any atom is -0.443 e. The number of nitrogens with one attached hydrogen (secondary N) is 3. The van der Waals surface area contributed by atoms with E-state index in [1.807, 2.05) is 44.2 Å². The molecule has 1 aromatic rings. The lowest BCUT2D eigenvalue weighted by Crippen LogP contribution is -2.54. The van der Waals surface area contributed by atoms with Crippen molar-refractivity contribution < 1.29 is 23.9 Å². The predicted molar refractivity (Wildman–Crippen MR) is 133 cm³/mol. The molecule has 0 spiro atoms. The second kappa shape index (κ2) is 12.4. The zero-order valence-electron chi connectivity index (χ0n) is 20.5. The molecule has 1 heterocycles. The molecule has 1 saturated carbocycles. The second-order valence-corrected chi connectivity index (χ2v) is 10.4. The number of hydrogen-bond donors (Lipinski definition) is 3. The van der Waals surface area contributed by atoms with Crippen molar-refractivity contribution in [2.24, 2.45) is 11.8 Å². The molecule has 1 aliphatic carbocycles. The average Bonchev–Trinajstić information content (AvgIpc) is 3.20. The summed E-state index contributed by atoms with van der Waals surface area (Å²) in [5.41, 5.74) is 0.520. The Kier molecular flexibility index (Phi) is 9.55. The van der Waals surface area contributed by atoms with Crippen LogP contribution in [-0.2, 0) is 25.5 Å². The van der Waals surface area contributed by atoms with Gasteiger partial charge in [0, 0.05) is 18.9 Å². The smallest absolute Gasteiger partial charge is 0.408 e. The highest BCUT2D eigenvalue weighted by Crippen LogP contribution is 2.38. The summed E-state index contributed by atoms with van der Waals surface area (Å²) >= 11 is 5.77. The van der Waals surface area contributed by atoms with Gasteiger partial charge < -0.3 is 20.7 Å². The first-order chi connectivity index (χ1) is 16.7. The summed E-state index contributed by atoms with van der Waals surface area (Å²) in [6.45, 7) is 4.44. The summed E-state index contributed by atoms with van der Waals surface area (Å²) < 4.78 is 5.86. The van der Waals surface area contributed by atoms with Gasteiger partial charge in [0.15, 0.2) is 5.78 Å². The molecule has 2 aliphatic rings. The maximum atomic E-state index is 13.2. The number of alkyl halides is 1. The van der Waals surface area contributed by atoms with Crippen molar-refractivity contribution in [2.75, 3.05) is 12.4 Å². The molecule has 1 saturated heterocycles. The first-order valence-electron chi connectivity index (χ1n) is 12.4. The van der Waals surface area contributed by atoms with Crippen LogP contribution in [0.2, 0.25) is 0 Å². The largest absolute Gasteiger partial charge is 0.443 e. The number of halogens is 1. The van der Waals surface area contributed by atoms with Crippen molar-refractivity contribution in [3.8, 4) is 0 Å². The maximum Gasteiger partial charge on any atom is 0.408 e. The third-order valence-corrected chi connectivity index (χ3v) is 7.04. The lowest BCUT2D eigenvalue weighted by Gasteiger charge is -2.41. The number of carbonyl (C=O) groups is 4. The molecule has 0 bridgehead atoms. The van der Waals surface area contributed by atoms with Crippen LogP contribution in [0.4, 0.5) is 4.79 Å². The average molecular weight is 506 g/mol. The molecule has 0 unspecified atom stereocenters. The topological polar surface area (TPSA) is 114 Å². The molecule has 8 nitrogen and oxygen atoms in total. The number of benzene rings is 1. The van der Waals surface area contributed by atoms with Gasteiger partial charge in [0.25, 0.3) is 0 Å². The third kappa shape index (κ3) is 7.69. The SMILES string of the molecule is CC(C)C[C@H](NC(=O)OC1(Cc2ccccc2)CCC1)C(=O)N[C@@H](C[C@@H]1CCNC1=O)C(=O)CCl. The summed E-state index contributed by atoms with van der Waals surface area (Å²) in [6, 6.07) is 8.11. The summed E-state index contributed by atoms with van der Waals surface area (Å²) in [7, 11) is 0. The van der Waals surface area contributed by atoms with Crippen LogP contribution in [0.1, 0.15) is 57.9 Å². The fraction of sp³-hybridized carbons (Fsp3) is 0.615. The number of Topliss-reactive ketones (excluding diaryl/α,β-unsaturated/α-hetero) is 1. The van der Waals surface area contributed by atoms with Crippen LogP contribution in [0.5, 0.6) is 0 Å². The summed E-state index contributed by atoms with van der Waals surface area (Å²) in [5.74, 6) is -1.49. The van der Waals surface area contributed by atoms with Gasteiger partial charge in [-0.25, -0.2) is 4.79 Å². The molecule has 192 valence electrons. The normalized spacial score (nSPS) is 20.3. The number of carbonyl (C=O) groups excluding carboxylic acids is 4. The zero-order chi connectivity index (χ0) is 25.4. The van der Waals surface area contributed by atoms with Gasteiger partial charge in [-0.2, -0.15) is 0 Å². The molecular formula is C26H36ClN3O5. The van der Waals surface area contributed by atoms with E-state index >= 15 is 0 Å². The number of ether oxygens (including phenoxy) is 1. The Morgan fingerprint density at radius 3 is 2.40 bits per heavy atom. The second-order valence-electron chi connectivity index (χ2n) is 10.1. The minimum atomic E-state index is -0.891. The molecule has 3 N–H and O–H groups in total. The quantitative estimate of drug-likeness (QED) is 0.378. The van der Waals surface area contributed by atoms with Gasteiger partial charge in [-0.15, -0.1) is 11.6 Å². The zero-order valence-corrected chi connectivity index (χ0v) is 21.2. The molecule has 3 amide bonds. The van der Waals surface area contributed by atoms with Gasteiger partial charge in [0.1, 0.15) is 11.6 Å². The van der Waals surface area contributed by atoms with E-state index in [1.165, 1.54) is 0 Å². The number of alkyl carbamates (subject to hydrolysis) is 1. The Hall–Kier alpha value is -2.61. The molecule has 3 atom stereocenters. The van der Waals surface area contributed by atoms with Gasteiger partial charge in [-0.1, -0.05) is 44.2 Å². The van der Waals surface area contributed by atoms with E-state index in [4.69, 9.17) is 16.3 Å². The highest BCUT2D eigenvalue weighted by Gasteiger charge is 2.42. The van der Waals surface area contributed by atoms with Gasteiger partial charge in [0.2, 0.25) is 11.8 Å². The summed E-state index contributed by atoms with van der Waals surface area (Å²) in [5, 5.41) is 8.20. The number of hydrogen-bond acceptors (Lipinski definition) is 5. The first kappa shape index (κ1) is 27.0. The van der Waals surface area contributed by atoms with Crippen LogP contribution in [0.3, 0.4) is 0 Å². The maximum absolute atomic E-state index is 13.2. The Morgan fingerprint density at radius 1 is 1.14 bits per heavy atom. The van der Waals surface area contributed by atoms with E-state index in [9.17, 15) is 19.2 Å². The predicted octanol–water partition coefficient (Wildman–Crippen LogP) is 3.11. The van der Waals surface area contributed by atoms with Gasteiger partial charge >= 0.3 is 6.09 Å². The summed E-state index contributed by atoms with van der Waals surface area (Å²) in [4.78, 5) is 50.5. The Bertz CT molecular complexity index is 904. The van der Waals surface area contributed by atoms with Gasteiger partial charge in [-0.3, -0.25) is 14.4 Å². The molecule has 3 rings (SSSR count). The van der Waals surface area contributed by atoms with Crippen molar-refractivity contribution in [1.82, 2.24) is 16.0 Å². The highest BCUT2D eigenvalue weighted by atomic mass is 35.5. The van der Waals surface area contributed by atoms with Crippen LogP contribution >= 0.6 is 11.6 Å².